The van der Waals surface area contributed by atoms with Gasteiger partial charge in [-0.1, -0.05) is 18.6 Å². The van der Waals surface area contributed by atoms with Crippen LogP contribution in [0.5, 0.6) is 0 Å². The third-order valence-electron chi connectivity index (χ3n) is 4.82. The minimum Gasteiger partial charge on any atom is -0.378 e. The van der Waals surface area contributed by atoms with Gasteiger partial charge in [0, 0.05) is 31.0 Å². The molecule has 128 valence electrons. The van der Waals surface area contributed by atoms with E-state index in [9.17, 15) is 9.18 Å². The zero-order valence-corrected chi connectivity index (χ0v) is 14.0. The van der Waals surface area contributed by atoms with Gasteiger partial charge in [0.1, 0.15) is 5.82 Å². The van der Waals surface area contributed by atoms with Gasteiger partial charge in [0.25, 0.3) is 0 Å². The minimum atomic E-state index is -0.217. The lowest BCUT2D eigenvalue weighted by Gasteiger charge is -2.42. The number of carbonyl (C=O) groups excluding carboxylic acids is 1. The van der Waals surface area contributed by atoms with Gasteiger partial charge in [0.05, 0.1) is 13.2 Å². The molecule has 0 bridgehead atoms. The summed E-state index contributed by atoms with van der Waals surface area (Å²) in [6.07, 6.45) is 3.69. The molecule has 1 heterocycles. The third-order valence-corrected chi connectivity index (χ3v) is 4.82. The molecule has 1 aromatic rings. The molecule has 1 aromatic carbocycles. The van der Waals surface area contributed by atoms with E-state index < -0.39 is 0 Å². The van der Waals surface area contributed by atoms with Crippen LogP contribution in [-0.4, -0.2) is 38.3 Å². The zero-order valence-electron chi connectivity index (χ0n) is 13.1. The third kappa shape index (κ3) is 4.43. The summed E-state index contributed by atoms with van der Waals surface area (Å²) in [5.74, 6) is -0.165. The summed E-state index contributed by atoms with van der Waals surface area (Å²) in [5, 5.41) is 6.34. The molecule has 1 aliphatic heterocycles. The van der Waals surface area contributed by atoms with E-state index in [1.165, 1.54) is 12.1 Å². The molecule has 1 unspecified atom stereocenters. The first kappa shape index (κ1) is 18.2. The summed E-state index contributed by atoms with van der Waals surface area (Å²) < 4.78 is 18.4. The number of ether oxygens (including phenoxy) is 1. The molecule has 1 aliphatic carbocycles. The van der Waals surface area contributed by atoms with E-state index >= 15 is 0 Å². The van der Waals surface area contributed by atoms with Crippen molar-refractivity contribution >= 4 is 18.3 Å². The highest BCUT2D eigenvalue weighted by atomic mass is 35.5. The normalized spacial score (nSPS) is 22.6. The lowest BCUT2D eigenvalue weighted by atomic mass is 9.64. The summed E-state index contributed by atoms with van der Waals surface area (Å²) in [6.45, 7) is 2.74. The zero-order chi connectivity index (χ0) is 15.4. The van der Waals surface area contributed by atoms with Crippen molar-refractivity contribution < 1.29 is 13.9 Å². The summed E-state index contributed by atoms with van der Waals surface area (Å²) in [6, 6.07) is 6.80. The Bertz CT molecular complexity index is 514. The summed E-state index contributed by atoms with van der Waals surface area (Å²) >= 11 is 0. The molecule has 1 saturated heterocycles. The highest BCUT2D eigenvalue weighted by Gasteiger charge is 2.38. The molecule has 1 saturated carbocycles. The lowest BCUT2D eigenvalue weighted by Crippen LogP contribution is -2.48. The van der Waals surface area contributed by atoms with E-state index in [0.29, 0.717) is 26.2 Å². The Balaban J connectivity index is 0.00000192. The monoisotopic (exact) mass is 342 g/mol. The lowest BCUT2D eigenvalue weighted by molar-refractivity contribution is -0.122. The number of morpholine rings is 1. The molecule has 4 nitrogen and oxygen atoms in total. The van der Waals surface area contributed by atoms with Crippen molar-refractivity contribution in [1.29, 1.82) is 0 Å². The molecular formula is C17H24ClFN2O2. The van der Waals surface area contributed by atoms with E-state index in [2.05, 4.69) is 10.6 Å². The number of hydrogen-bond acceptors (Lipinski definition) is 3. The van der Waals surface area contributed by atoms with Gasteiger partial charge in [0.15, 0.2) is 0 Å². The molecule has 23 heavy (non-hydrogen) atoms. The number of rotatable bonds is 5. The maximum absolute atomic E-state index is 13.1. The van der Waals surface area contributed by atoms with Crippen molar-refractivity contribution in [2.75, 3.05) is 26.3 Å². The van der Waals surface area contributed by atoms with Crippen molar-refractivity contribution in [2.24, 2.45) is 0 Å². The van der Waals surface area contributed by atoms with Crippen LogP contribution < -0.4 is 10.6 Å². The van der Waals surface area contributed by atoms with Crippen LogP contribution in [0.25, 0.3) is 0 Å². The van der Waals surface area contributed by atoms with Crippen LogP contribution in [0, 0.1) is 5.82 Å². The van der Waals surface area contributed by atoms with E-state index in [1.54, 1.807) is 0 Å². The van der Waals surface area contributed by atoms with Crippen LogP contribution in [0.2, 0.25) is 0 Å². The minimum absolute atomic E-state index is 0. The van der Waals surface area contributed by atoms with Crippen molar-refractivity contribution in [3.63, 3.8) is 0 Å². The topological polar surface area (TPSA) is 50.4 Å². The molecule has 3 rings (SSSR count). The van der Waals surface area contributed by atoms with E-state index in [4.69, 9.17) is 4.74 Å². The van der Waals surface area contributed by atoms with E-state index in [-0.39, 0.29) is 35.6 Å². The van der Waals surface area contributed by atoms with Crippen molar-refractivity contribution in [3.8, 4) is 0 Å². The Hall–Kier alpha value is -1.17. The predicted molar refractivity (Wildman–Crippen MR) is 89.4 cm³/mol. The number of amides is 1. The number of hydrogen-bond donors (Lipinski definition) is 2. The Labute approximate surface area is 142 Å². The smallest absolute Gasteiger partial charge is 0.221 e. The van der Waals surface area contributed by atoms with Crippen LogP contribution >= 0.6 is 12.4 Å². The van der Waals surface area contributed by atoms with Gasteiger partial charge in [-0.2, -0.15) is 0 Å². The van der Waals surface area contributed by atoms with Gasteiger partial charge in [-0.05, 0) is 30.5 Å². The van der Waals surface area contributed by atoms with E-state index in [0.717, 1.165) is 31.4 Å². The van der Waals surface area contributed by atoms with Gasteiger partial charge < -0.3 is 15.4 Å². The van der Waals surface area contributed by atoms with Crippen molar-refractivity contribution in [2.45, 2.75) is 37.1 Å². The largest absolute Gasteiger partial charge is 0.378 e. The molecule has 0 aromatic heterocycles. The fourth-order valence-electron chi connectivity index (χ4n) is 3.29. The molecule has 2 aliphatic rings. The standard InChI is InChI=1S/C17H23FN2O2.ClH/c18-14-4-2-13(3-5-14)17(6-1-7-17)12-20-16(21)10-15-11-22-9-8-19-15;/h2-5,15,19H,1,6-12H2,(H,20,21);1H. The van der Waals surface area contributed by atoms with Gasteiger partial charge in [-0.25, -0.2) is 4.39 Å². The maximum Gasteiger partial charge on any atom is 0.221 e. The Morgan fingerprint density at radius 1 is 1.35 bits per heavy atom. The first-order valence-corrected chi connectivity index (χ1v) is 8.02. The SMILES string of the molecule is Cl.O=C(CC1COCCN1)NCC1(c2ccc(F)cc2)CCC1. The van der Waals surface area contributed by atoms with Crippen molar-refractivity contribution in [1.82, 2.24) is 10.6 Å². The number of halogens is 2. The van der Waals surface area contributed by atoms with Crippen LogP contribution in [-0.2, 0) is 14.9 Å². The van der Waals surface area contributed by atoms with Gasteiger partial charge >= 0.3 is 0 Å². The van der Waals surface area contributed by atoms with Crippen LogP contribution in [0.15, 0.2) is 24.3 Å². The number of nitrogens with one attached hydrogen (secondary N) is 2. The first-order valence-electron chi connectivity index (χ1n) is 8.02. The molecular weight excluding hydrogens is 319 g/mol. The Morgan fingerprint density at radius 2 is 2.09 bits per heavy atom. The second-order valence-electron chi connectivity index (χ2n) is 6.35. The summed E-state index contributed by atoms with van der Waals surface area (Å²) in [4.78, 5) is 12.1. The average Bonchev–Trinajstić information content (AvgIpc) is 2.49. The molecule has 0 spiro atoms. The van der Waals surface area contributed by atoms with Gasteiger partial charge in [0.2, 0.25) is 5.91 Å². The first-order chi connectivity index (χ1) is 10.7. The van der Waals surface area contributed by atoms with Crippen molar-refractivity contribution in [3.05, 3.63) is 35.6 Å². The quantitative estimate of drug-likeness (QED) is 0.862. The Kier molecular flexibility index (Phi) is 6.39. The molecule has 0 radical (unpaired) electrons. The van der Waals surface area contributed by atoms with Crippen LogP contribution in [0.3, 0.4) is 0 Å². The second kappa shape index (κ2) is 8.08. The Morgan fingerprint density at radius 3 is 2.65 bits per heavy atom. The highest BCUT2D eigenvalue weighted by molar-refractivity contribution is 5.85. The molecule has 2 fully saturated rings. The number of carbonyl (C=O) groups is 1. The predicted octanol–water partition coefficient (Wildman–Crippen LogP) is 2.16. The number of benzene rings is 1. The van der Waals surface area contributed by atoms with E-state index in [1.807, 2.05) is 12.1 Å². The average molecular weight is 343 g/mol. The fourth-order valence-corrected chi connectivity index (χ4v) is 3.29. The van der Waals surface area contributed by atoms with Gasteiger partial charge in [-0.3, -0.25) is 4.79 Å². The summed E-state index contributed by atoms with van der Waals surface area (Å²) in [5.41, 5.74) is 1.11. The molecule has 1 atom stereocenters. The molecule has 2 N–H and O–H groups in total. The fraction of sp³-hybridized carbons (Fsp3) is 0.588. The highest BCUT2D eigenvalue weighted by Crippen LogP contribution is 2.43. The second-order valence-corrected chi connectivity index (χ2v) is 6.35. The van der Waals surface area contributed by atoms with Crippen LogP contribution in [0.4, 0.5) is 4.39 Å². The maximum atomic E-state index is 13.1. The van der Waals surface area contributed by atoms with Gasteiger partial charge in [-0.15, -0.1) is 12.4 Å². The van der Waals surface area contributed by atoms with Crippen LogP contribution in [0.1, 0.15) is 31.2 Å². The summed E-state index contributed by atoms with van der Waals surface area (Å²) in [7, 11) is 0. The molecule has 6 heteroatoms. The molecule has 1 amide bonds.